The Balaban J connectivity index is 1.57. The lowest BCUT2D eigenvalue weighted by Crippen LogP contribution is -2.28. The van der Waals surface area contributed by atoms with E-state index in [1.165, 1.54) is 23.5 Å². The molecule has 0 aliphatic carbocycles. The van der Waals surface area contributed by atoms with Gasteiger partial charge in [-0.1, -0.05) is 13.8 Å². The Morgan fingerprint density at radius 2 is 1.97 bits per heavy atom. The molecule has 1 unspecified atom stereocenters. The minimum Gasteiger partial charge on any atom is -0.406 e. The average Bonchev–Trinajstić information content (AvgIpc) is 3.35. The SMILES string of the molecule is CC(C)c1nc(CC(=O)C2CCC(=O)c3cccn32)sc1-c1ccc(OC(F)(F)F)cc1. The van der Waals surface area contributed by atoms with Gasteiger partial charge in [0.05, 0.1) is 28.7 Å². The summed E-state index contributed by atoms with van der Waals surface area (Å²) in [5.41, 5.74) is 2.07. The molecule has 32 heavy (non-hydrogen) atoms. The van der Waals surface area contributed by atoms with E-state index in [4.69, 9.17) is 0 Å². The third-order valence-corrected chi connectivity index (χ3v) is 6.46. The largest absolute Gasteiger partial charge is 0.573 e. The van der Waals surface area contributed by atoms with Crippen LogP contribution in [0.1, 0.15) is 59.8 Å². The molecule has 1 atom stereocenters. The number of hydrogen-bond donors (Lipinski definition) is 0. The molecule has 3 heterocycles. The number of hydrogen-bond acceptors (Lipinski definition) is 5. The normalized spacial score (nSPS) is 16.3. The van der Waals surface area contributed by atoms with E-state index in [9.17, 15) is 22.8 Å². The fourth-order valence-electron chi connectivity index (χ4n) is 3.88. The zero-order valence-corrected chi connectivity index (χ0v) is 18.3. The summed E-state index contributed by atoms with van der Waals surface area (Å²) in [6.07, 6.45) is -2.04. The highest BCUT2D eigenvalue weighted by molar-refractivity contribution is 7.15. The van der Waals surface area contributed by atoms with E-state index in [1.54, 1.807) is 35.0 Å². The van der Waals surface area contributed by atoms with Crippen molar-refractivity contribution in [2.75, 3.05) is 0 Å². The molecule has 0 amide bonds. The van der Waals surface area contributed by atoms with Gasteiger partial charge in [0.1, 0.15) is 10.8 Å². The van der Waals surface area contributed by atoms with Gasteiger partial charge >= 0.3 is 6.36 Å². The number of rotatable bonds is 6. The molecule has 5 nitrogen and oxygen atoms in total. The summed E-state index contributed by atoms with van der Waals surface area (Å²) in [5, 5.41) is 0.648. The second-order valence-corrected chi connectivity index (χ2v) is 9.05. The average molecular weight is 462 g/mol. The smallest absolute Gasteiger partial charge is 0.406 e. The van der Waals surface area contributed by atoms with Crippen molar-refractivity contribution < 1.29 is 27.5 Å². The summed E-state index contributed by atoms with van der Waals surface area (Å²) in [6.45, 7) is 3.95. The summed E-state index contributed by atoms with van der Waals surface area (Å²) in [6, 6.07) is 8.76. The van der Waals surface area contributed by atoms with Gasteiger partial charge in [-0.05, 0) is 54.3 Å². The van der Waals surface area contributed by atoms with Crippen LogP contribution in [0, 0.1) is 0 Å². The van der Waals surface area contributed by atoms with Crippen molar-refractivity contribution in [2.24, 2.45) is 0 Å². The number of Topliss-reactive ketones (excluding diaryl/α,β-unsaturated/α-hetero) is 2. The van der Waals surface area contributed by atoms with Crippen molar-refractivity contribution in [1.29, 1.82) is 0 Å². The number of nitrogens with zero attached hydrogens (tertiary/aromatic N) is 2. The Kier molecular flexibility index (Phi) is 5.94. The Hall–Kier alpha value is -2.94. The van der Waals surface area contributed by atoms with Gasteiger partial charge in [0.15, 0.2) is 11.6 Å². The van der Waals surface area contributed by atoms with Gasteiger partial charge in [-0.15, -0.1) is 24.5 Å². The van der Waals surface area contributed by atoms with Crippen molar-refractivity contribution in [3.8, 4) is 16.2 Å². The zero-order chi connectivity index (χ0) is 23.0. The van der Waals surface area contributed by atoms with Gasteiger partial charge in [-0.25, -0.2) is 4.98 Å². The van der Waals surface area contributed by atoms with Gasteiger partial charge in [0.2, 0.25) is 0 Å². The van der Waals surface area contributed by atoms with Gasteiger partial charge in [0, 0.05) is 12.6 Å². The fraction of sp³-hybridized carbons (Fsp3) is 0.348. The zero-order valence-electron chi connectivity index (χ0n) is 17.5. The number of carbonyl (C=O) groups is 2. The minimum absolute atomic E-state index is 0.0144. The van der Waals surface area contributed by atoms with E-state index >= 15 is 0 Å². The molecule has 3 aromatic rings. The first-order chi connectivity index (χ1) is 15.1. The molecule has 0 spiro atoms. The Bertz CT molecular complexity index is 1150. The van der Waals surface area contributed by atoms with Crippen LogP contribution in [0.3, 0.4) is 0 Å². The van der Waals surface area contributed by atoms with Crippen molar-refractivity contribution >= 4 is 22.9 Å². The molecule has 0 saturated carbocycles. The Morgan fingerprint density at radius 3 is 2.62 bits per heavy atom. The Labute approximate surface area is 186 Å². The van der Waals surface area contributed by atoms with E-state index in [2.05, 4.69) is 9.72 Å². The molecule has 2 aromatic heterocycles. The number of alkyl halides is 3. The van der Waals surface area contributed by atoms with Crippen LogP contribution >= 0.6 is 11.3 Å². The molecular formula is C23H21F3N2O3S. The molecule has 168 valence electrons. The summed E-state index contributed by atoms with van der Waals surface area (Å²) < 4.78 is 43.0. The van der Waals surface area contributed by atoms with Crippen molar-refractivity contribution in [3.05, 3.63) is 59.0 Å². The predicted octanol–water partition coefficient (Wildman–Crippen LogP) is 5.96. The first-order valence-electron chi connectivity index (χ1n) is 10.2. The first-order valence-corrected chi connectivity index (χ1v) is 11.0. The van der Waals surface area contributed by atoms with E-state index in [-0.39, 0.29) is 29.7 Å². The summed E-state index contributed by atoms with van der Waals surface area (Å²) in [7, 11) is 0. The van der Waals surface area contributed by atoms with E-state index in [1.807, 2.05) is 13.8 Å². The van der Waals surface area contributed by atoms with Crippen molar-refractivity contribution in [2.45, 2.75) is 51.4 Å². The molecule has 9 heteroatoms. The quantitative estimate of drug-likeness (QED) is 0.453. The van der Waals surface area contributed by atoms with Crippen LogP contribution in [0.15, 0.2) is 42.6 Å². The fourth-order valence-corrected chi connectivity index (χ4v) is 5.11. The number of ether oxygens (including phenoxy) is 1. The van der Waals surface area contributed by atoms with Gasteiger partial charge in [-0.2, -0.15) is 0 Å². The van der Waals surface area contributed by atoms with Gasteiger partial charge in [0.25, 0.3) is 0 Å². The lowest BCUT2D eigenvalue weighted by Gasteiger charge is -2.24. The summed E-state index contributed by atoms with van der Waals surface area (Å²) in [4.78, 5) is 30.6. The topological polar surface area (TPSA) is 61.2 Å². The predicted molar refractivity (Wildman–Crippen MR) is 114 cm³/mol. The molecule has 4 rings (SSSR count). The second kappa shape index (κ2) is 8.54. The maximum atomic E-state index is 13.1. The second-order valence-electron chi connectivity index (χ2n) is 7.97. The summed E-state index contributed by atoms with van der Waals surface area (Å²) >= 11 is 1.36. The van der Waals surface area contributed by atoms with Crippen LogP contribution in [0.2, 0.25) is 0 Å². The number of carbonyl (C=O) groups excluding carboxylic acids is 2. The van der Waals surface area contributed by atoms with Gasteiger partial charge < -0.3 is 9.30 Å². The number of halogens is 3. The highest BCUT2D eigenvalue weighted by Crippen LogP contribution is 2.37. The van der Waals surface area contributed by atoms with Crippen LogP contribution in [0.4, 0.5) is 13.2 Å². The molecule has 1 aliphatic heterocycles. The number of thiazole rings is 1. The van der Waals surface area contributed by atoms with Crippen LogP contribution in [-0.4, -0.2) is 27.5 Å². The van der Waals surface area contributed by atoms with E-state index in [0.717, 1.165) is 16.1 Å². The van der Waals surface area contributed by atoms with Crippen molar-refractivity contribution in [3.63, 3.8) is 0 Å². The third-order valence-electron chi connectivity index (χ3n) is 5.34. The van der Waals surface area contributed by atoms with Crippen LogP contribution in [-0.2, 0) is 11.2 Å². The lowest BCUT2D eigenvalue weighted by atomic mass is 9.97. The van der Waals surface area contributed by atoms with E-state index in [0.29, 0.717) is 23.5 Å². The lowest BCUT2D eigenvalue weighted by molar-refractivity contribution is -0.274. The maximum absolute atomic E-state index is 13.1. The molecule has 1 aliphatic rings. The monoisotopic (exact) mass is 462 g/mol. The molecule has 1 aromatic carbocycles. The highest BCUT2D eigenvalue weighted by Gasteiger charge is 2.32. The number of aromatic nitrogens is 2. The third kappa shape index (κ3) is 4.62. The molecular weight excluding hydrogens is 441 g/mol. The van der Waals surface area contributed by atoms with Crippen LogP contribution in [0.5, 0.6) is 5.75 Å². The Morgan fingerprint density at radius 1 is 1.25 bits per heavy atom. The maximum Gasteiger partial charge on any atom is 0.573 e. The van der Waals surface area contributed by atoms with Crippen LogP contribution < -0.4 is 4.74 Å². The molecule has 0 fully saturated rings. The number of ketones is 2. The highest BCUT2D eigenvalue weighted by atomic mass is 32.1. The van der Waals surface area contributed by atoms with Crippen LogP contribution in [0.25, 0.3) is 10.4 Å². The first kappa shape index (κ1) is 22.3. The minimum atomic E-state index is -4.74. The van der Waals surface area contributed by atoms with E-state index < -0.39 is 12.4 Å². The molecule has 0 N–H and O–H groups in total. The number of fused-ring (bicyclic) bond motifs is 1. The standard InChI is InChI=1S/C23H21F3N2O3S/c1-13(2)21-22(14-5-7-15(8-6-14)31-23(24,25)26)32-20(27-21)12-19(30)17-9-10-18(29)16-4-3-11-28(16)17/h3-8,11,13,17H,9-10,12H2,1-2H3. The van der Waals surface area contributed by atoms with Gasteiger partial charge in [-0.3, -0.25) is 9.59 Å². The van der Waals surface area contributed by atoms with Crippen molar-refractivity contribution in [1.82, 2.24) is 9.55 Å². The molecule has 0 bridgehead atoms. The summed E-state index contributed by atoms with van der Waals surface area (Å²) in [5.74, 6) is -0.198. The molecule has 0 radical (unpaired) electrons. The number of benzene rings is 1. The molecule has 0 saturated heterocycles.